The normalized spacial score (nSPS) is 16.8. The first kappa shape index (κ1) is 9.50. The standard InChI is InChI=1S/C10H9ClS2/c11-9-3-1-8(2-4-9)10-7-12-5-6-13-10/h1-4,7H,5-6H2. The lowest BCUT2D eigenvalue weighted by molar-refractivity contribution is 1.56. The van der Waals surface area contributed by atoms with E-state index in [0.29, 0.717) is 0 Å². The molecule has 13 heavy (non-hydrogen) atoms. The lowest BCUT2D eigenvalue weighted by atomic mass is 10.2. The monoisotopic (exact) mass is 228 g/mol. The number of rotatable bonds is 1. The van der Waals surface area contributed by atoms with Crippen molar-refractivity contribution in [3.8, 4) is 0 Å². The molecule has 0 radical (unpaired) electrons. The first-order valence-electron chi connectivity index (χ1n) is 4.07. The van der Waals surface area contributed by atoms with Crippen LogP contribution in [0.2, 0.25) is 5.02 Å². The van der Waals surface area contributed by atoms with Crippen molar-refractivity contribution < 1.29 is 0 Å². The van der Waals surface area contributed by atoms with E-state index in [4.69, 9.17) is 11.6 Å². The molecule has 1 aromatic carbocycles. The fraction of sp³-hybridized carbons (Fsp3) is 0.200. The lowest BCUT2D eigenvalue weighted by Gasteiger charge is -2.11. The van der Waals surface area contributed by atoms with Crippen molar-refractivity contribution in [2.75, 3.05) is 11.5 Å². The summed E-state index contributed by atoms with van der Waals surface area (Å²) >= 11 is 9.62. The Morgan fingerprint density at radius 2 is 1.85 bits per heavy atom. The maximum atomic E-state index is 5.82. The predicted octanol–water partition coefficient (Wildman–Crippen LogP) is 4.12. The summed E-state index contributed by atoms with van der Waals surface area (Å²) in [6.45, 7) is 0. The summed E-state index contributed by atoms with van der Waals surface area (Å²) in [7, 11) is 0. The fourth-order valence-corrected chi connectivity index (χ4v) is 3.38. The van der Waals surface area contributed by atoms with Gasteiger partial charge in [-0.05, 0) is 23.1 Å². The second-order valence-corrected chi connectivity index (χ2v) is 5.26. The van der Waals surface area contributed by atoms with Crippen LogP contribution >= 0.6 is 35.1 Å². The minimum absolute atomic E-state index is 0.804. The third-order valence-corrected chi connectivity index (χ3v) is 4.35. The Morgan fingerprint density at radius 3 is 2.46 bits per heavy atom. The topological polar surface area (TPSA) is 0 Å². The molecule has 0 spiro atoms. The van der Waals surface area contributed by atoms with Crippen LogP contribution < -0.4 is 0 Å². The number of benzene rings is 1. The van der Waals surface area contributed by atoms with Crippen molar-refractivity contribution in [3.05, 3.63) is 40.3 Å². The molecule has 0 atom stereocenters. The molecule has 0 saturated carbocycles. The SMILES string of the molecule is Clc1ccc(C2=CSCCS2)cc1. The third-order valence-electron chi connectivity index (χ3n) is 1.78. The highest BCUT2D eigenvalue weighted by Gasteiger charge is 2.06. The quantitative estimate of drug-likeness (QED) is 0.709. The van der Waals surface area contributed by atoms with Gasteiger partial charge in [0.25, 0.3) is 0 Å². The van der Waals surface area contributed by atoms with Crippen molar-refractivity contribution in [1.29, 1.82) is 0 Å². The first-order valence-corrected chi connectivity index (χ1v) is 6.48. The second-order valence-electron chi connectivity index (χ2n) is 2.71. The zero-order valence-electron chi connectivity index (χ0n) is 7.00. The van der Waals surface area contributed by atoms with Gasteiger partial charge in [-0.3, -0.25) is 0 Å². The summed E-state index contributed by atoms with van der Waals surface area (Å²) < 4.78 is 0. The molecule has 1 heterocycles. The molecule has 3 heteroatoms. The van der Waals surface area contributed by atoms with Gasteiger partial charge >= 0.3 is 0 Å². The largest absolute Gasteiger partial charge is 0.132 e. The van der Waals surface area contributed by atoms with Gasteiger partial charge in [-0.15, -0.1) is 23.5 Å². The van der Waals surface area contributed by atoms with E-state index < -0.39 is 0 Å². The number of thioether (sulfide) groups is 2. The van der Waals surface area contributed by atoms with Gasteiger partial charge in [0.15, 0.2) is 0 Å². The zero-order valence-corrected chi connectivity index (χ0v) is 9.38. The van der Waals surface area contributed by atoms with Crippen molar-refractivity contribution >= 4 is 40.0 Å². The highest BCUT2D eigenvalue weighted by molar-refractivity contribution is 8.13. The average molecular weight is 229 g/mol. The van der Waals surface area contributed by atoms with Gasteiger partial charge < -0.3 is 0 Å². The van der Waals surface area contributed by atoms with Crippen LogP contribution in [0.4, 0.5) is 0 Å². The Bertz CT molecular complexity index is 316. The molecule has 0 bridgehead atoms. The molecule has 1 aliphatic rings. The zero-order chi connectivity index (χ0) is 9.10. The Morgan fingerprint density at radius 1 is 1.08 bits per heavy atom. The van der Waals surface area contributed by atoms with Gasteiger partial charge in [0.1, 0.15) is 0 Å². The van der Waals surface area contributed by atoms with E-state index in [0.717, 1.165) is 5.02 Å². The average Bonchev–Trinajstić information content (AvgIpc) is 2.20. The Balaban J connectivity index is 2.24. The van der Waals surface area contributed by atoms with Crippen LogP contribution in [0.25, 0.3) is 4.91 Å². The van der Waals surface area contributed by atoms with E-state index in [9.17, 15) is 0 Å². The molecule has 0 saturated heterocycles. The third kappa shape index (κ3) is 2.46. The van der Waals surface area contributed by atoms with Gasteiger partial charge in [-0.2, -0.15) is 0 Å². The molecule has 1 aliphatic heterocycles. The molecule has 0 N–H and O–H groups in total. The van der Waals surface area contributed by atoms with Crippen LogP contribution in [0.15, 0.2) is 29.7 Å². The Hall–Kier alpha value is -0.0500. The molecule has 2 rings (SSSR count). The second kappa shape index (κ2) is 4.45. The number of halogens is 1. The number of hydrogen-bond donors (Lipinski definition) is 0. The number of hydrogen-bond acceptors (Lipinski definition) is 2. The molecule has 68 valence electrons. The van der Waals surface area contributed by atoms with E-state index in [2.05, 4.69) is 17.5 Å². The molecule has 0 amide bonds. The molecule has 0 nitrogen and oxygen atoms in total. The minimum atomic E-state index is 0.804. The summed E-state index contributed by atoms with van der Waals surface area (Å²) in [6, 6.07) is 8.04. The summed E-state index contributed by atoms with van der Waals surface area (Å²) in [5.74, 6) is 2.43. The Labute approximate surface area is 91.7 Å². The maximum Gasteiger partial charge on any atom is 0.0406 e. The Kier molecular flexibility index (Phi) is 3.25. The van der Waals surface area contributed by atoms with Gasteiger partial charge in [-0.25, -0.2) is 0 Å². The van der Waals surface area contributed by atoms with Gasteiger partial charge in [0.2, 0.25) is 0 Å². The first-order chi connectivity index (χ1) is 6.36. The summed E-state index contributed by atoms with van der Waals surface area (Å²) in [4.78, 5) is 1.37. The van der Waals surface area contributed by atoms with Crippen molar-refractivity contribution in [3.63, 3.8) is 0 Å². The summed E-state index contributed by atoms with van der Waals surface area (Å²) in [5.41, 5.74) is 1.28. The van der Waals surface area contributed by atoms with E-state index in [1.165, 1.54) is 22.0 Å². The van der Waals surface area contributed by atoms with Crippen molar-refractivity contribution in [2.24, 2.45) is 0 Å². The molecule has 0 unspecified atom stereocenters. The fourth-order valence-electron chi connectivity index (χ4n) is 1.13. The van der Waals surface area contributed by atoms with E-state index in [-0.39, 0.29) is 0 Å². The molecule has 0 aliphatic carbocycles. The summed E-state index contributed by atoms with van der Waals surface area (Å²) in [5, 5.41) is 3.04. The van der Waals surface area contributed by atoms with Gasteiger partial charge in [0, 0.05) is 21.4 Å². The highest BCUT2D eigenvalue weighted by Crippen LogP contribution is 2.34. The molecule has 1 aromatic rings. The van der Waals surface area contributed by atoms with E-state index in [1.807, 2.05) is 35.7 Å². The van der Waals surface area contributed by atoms with Crippen LogP contribution in [0.5, 0.6) is 0 Å². The van der Waals surface area contributed by atoms with Crippen LogP contribution in [-0.2, 0) is 0 Å². The minimum Gasteiger partial charge on any atom is -0.132 e. The van der Waals surface area contributed by atoms with Crippen molar-refractivity contribution in [2.45, 2.75) is 0 Å². The lowest BCUT2D eigenvalue weighted by Crippen LogP contribution is -1.90. The molecular weight excluding hydrogens is 220 g/mol. The maximum absolute atomic E-state index is 5.82. The van der Waals surface area contributed by atoms with Crippen LogP contribution in [-0.4, -0.2) is 11.5 Å². The van der Waals surface area contributed by atoms with Crippen LogP contribution in [0, 0.1) is 0 Å². The van der Waals surface area contributed by atoms with Crippen molar-refractivity contribution in [1.82, 2.24) is 0 Å². The van der Waals surface area contributed by atoms with Crippen LogP contribution in [0.1, 0.15) is 5.56 Å². The van der Waals surface area contributed by atoms with Crippen LogP contribution in [0.3, 0.4) is 0 Å². The van der Waals surface area contributed by atoms with Gasteiger partial charge in [-0.1, -0.05) is 23.7 Å². The molecular formula is C10H9ClS2. The summed E-state index contributed by atoms with van der Waals surface area (Å²) in [6.07, 6.45) is 0. The molecule has 0 aromatic heterocycles. The molecule has 0 fully saturated rings. The predicted molar refractivity (Wildman–Crippen MR) is 64.3 cm³/mol. The highest BCUT2D eigenvalue weighted by atomic mass is 35.5. The van der Waals surface area contributed by atoms with E-state index >= 15 is 0 Å². The smallest absolute Gasteiger partial charge is 0.0406 e. The van der Waals surface area contributed by atoms with Gasteiger partial charge in [0.05, 0.1) is 0 Å². The van der Waals surface area contributed by atoms with E-state index in [1.54, 1.807) is 0 Å².